The Kier molecular flexibility index (Phi) is 3.07. The molecule has 2 heterocycles. The van der Waals surface area contributed by atoms with Crippen molar-refractivity contribution in [1.29, 1.82) is 0 Å². The van der Waals surface area contributed by atoms with Crippen molar-refractivity contribution in [1.82, 2.24) is 14.8 Å². The fourth-order valence-electron chi connectivity index (χ4n) is 2.78. The van der Waals surface area contributed by atoms with Gasteiger partial charge in [0.2, 0.25) is 0 Å². The van der Waals surface area contributed by atoms with E-state index in [2.05, 4.69) is 23.9 Å². The highest BCUT2D eigenvalue weighted by Crippen LogP contribution is 2.49. The predicted molar refractivity (Wildman–Crippen MR) is 72.9 cm³/mol. The molecule has 1 aromatic heterocycles. The van der Waals surface area contributed by atoms with Gasteiger partial charge in [-0.2, -0.15) is 5.10 Å². The molecule has 1 aromatic carbocycles. The minimum absolute atomic E-state index is 0.222. The lowest BCUT2D eigenvalue weighted by Crippen LogP contribution is -2.57. The summed E-state index contributed by atoms with van der Waals surface area (Å²) in [5.41, 5.74) is 0.614. The molecule has 3 rings (SSSR count). The number of hydrogen-bond donors (Lipinski definition) is 0. The second-order valence-corrected chi connectivity index (χ2v) is 5.48. The quantitative estimate of drug-likeness (QED) is 0.866. The standard InChI is InChI=1S/C14H16ClN3O/c1-10-11(2)19-14(10,7-18-9-16-8-17-18)12-5-3-4-6-13(12)15/h3-6,8-11H,7H2,1-2H3/t10-,11+,14+/m0/s1. The van der Waals surface area contributed by atoms with E-state index in [4.69, 9.17) is 16.3 Å². The Bertz CT molecular complexity index is 572. The normalized spacial score (nSPS) is 30.1. The number of hydrogen-bond acceptors (Lipinski definition) is 3. The smallest absolute Gasteiger partial charge is 0.137 e. The van der Waals surface area contributed by atoms with E-state index in [9.17, 15) is 0 Å². The lowest BCUT2D eigenvalue weighted by molar-refractivity contribution is -0.263. The summed E-state index contributed by atoms with van der Waals surface area (Å²) < 4.78 is 7.90. The van der Waals surface area contributed by atoms with Crippen molar-refractivity contribution < 1.29 is 4.74 Å². The third-order valence-electron chi connectivity index (χ3n) is 4.03. The van der Waals surface area contributed by atoms with Gasteiger partial charge < -0.3 is 4.74 Å². The molecule has 0 spiro atoms. The summed E-state index contributed by atoms with van der Waals surface area (Å²) in [4.78, 5) is 3.99. The highest BCUT2D eigenvalue weighted by molar-refractivity contribution is 6.31. The van der Waals surface area contributed by atoms with Crippen LogP contribution < -0.4 is 0 Å². The second-order valence-electron chi connectivity index (χ2n) is 5.07. The van der Waals surface area contributed by atoms with E-state index in [1.807, 2.05) is 24.3 Å². The highest BCUT2D eigenvalue weighted by Gasteiger charge is 2.53. The van der Waals surface area contributed by atoms with Gasteiger partial charge in [-0.1, -0.05) is 36.7 Å². The number of rotatable bonds is 3. The lowest BCUT2D eigenvalue weighted by atomic mass is 9.74. The second kappa shape index (κ2) is 4.62. The predicted octanol–water partition coefficient (Wildman–Crippen LogP) is 2.88. The Morgan fingerprint density at radius 1 is 1.37 bits per heavy atom. The molecular weight excluding hydrogens is 262 g/mol. The van der Waals surface area contributed by atoms with Crippen molar-refractivity contribution in [3.8, 4) is 0 Å². The van der Waals surface area contributed by atoms with Crippen molar-refractivity contribution in [3.63, 3.8) is 0 Å². The molecular formula is C14H16ClN3O. The molecule has 4 nitrogen and oxygen atoms in total. The maximum Gasteiger partial charge on any atom is 0.137 e. The SMILES string of the molecule is C[C@H]1O[C@@](Cn2cncn2)(c2ccccc2Cl)[C@H]1C. The maximum atomic E-state index is 6.35. The van der Waals surface area contributed by atoms with Crippen molar-refractivity contribution >= 4 is 11.6 Å². The molecule has 0 N–H and O–H groups in total. The molecule has 0 unspecified atom stereocenters. The molecule has 0 saturated carbocycles. The molecule has 0 amide bonds. The summed E-state index contributed by atoms with van der Waals surface area (Å²) in [6.07, 6.45) is 3.46. The van der Waals surface area contributed by atoms with Gasteiger partial charge in [-0.25, -0.2) is 9.67 Å². The molecule has 0 bridgehead atoms. The van der Waals surface area contributed by atoms with Gasteiger partial charge >= 0.3 is 0 Å². The van der Waals surface area contributed by atoms with Gasteiger partial charge in [-0.3, -0.25) is 0 Å². The van der Waals surface area contributed by atoms with Crippen LogP contribution in [-0.4, -0.2) is 20.9 Å². The monoisotopic (exact) mass is 277 g/mol. The van der Waals surface area contributed by atoms with Crippen molar-refractivity contribution in [2.45, 2.75) is 32.1 Å². The van der Waals surface area contributed by atoms with Crippen LogP contribution in [0.3, 0.4) is 0 Å². The summed E-state index contributed by atoms with van der Waals surface area (Å²) >= 11 is 6.35. The van der Waals surface area contributed by atoms with E-state index >= 15 is 0 Å². The first-order chi connectivity index (χ1) is 9.13. The zero-order chi connectivity index (χ0) is 13.5. The summed E-state index contributed by atoms with van der Waals surface area (Å²) in [5, 5.41) is 4.92. The van der Waals surface area contributed by atoms with Crippen LogP contribution in [0.2, 0.25) is 5.02 Å². The Morgan fingerprint density at radius 3 is 2.74 bits per heavy atom. The van der Waals surface area contributed by atoms with Crippen LogP contribution in [0.15, 0.2) is 36.9 Å². The Labute approximate surface area is 117 Å². The Hall–Kier alpha value is -1.39. The third kappa shape index (κ3) is 1.95. The maximum absolute atomic E-state index is 6.35. The fourth-order valence-corrected chi connectivity index (χ4v) is 3.08. The zero-order valence-electron chi connectivity index (χ0n) is 11.0. The Morgan fingerprint density at radius 2 is 2.16 bits per heavy atom. The summed E-state index contributed by atoms with van der Waals surface area (Å²) in [6.45, 7) is 4.90. The molecule has 5 heteroatoms. The van der Waals surface area contributed by atoms with Gasteiger partial charge in [0.25, 0.3) is 0 Å². The van der Waals surface area contributed by atoms with Crippen LogP contribution in [0.1, 0.15) is 19.4 Å². The van der Waals surface area contributed by atoms with Crippen LogP contribution in [0.5, 0.6) is 0 Å². The average Bonchev–Trinajstić information content (AvgIpc) is 2.91. The van der Waals surface area contributed by atoms with Gasteiger partial charge in [0.05, 0.1) is 12.6 Å². The van der Waals surface area contributed by atoms with Crippen molar-refractivity contribution in [2.24, 2.45) is 5.92 Å². The van der Waals surface area contributed by atoms with Gasteiger partial charge in [0.1, 0.15) is 18.3 Å². The van der Waals surface area contributed by atoms with E-state index in [1.165, 1.54) is 6.33 Å². The number of aromatic nitrogens is 3. The molecule has 1 aliphatic heterocycles. The van der Waals surface area contributed by atoms with E-state index < -0.39 is 5.60 Å². The first-order valence-corrected chi connectivity index (χ1v) is 6.76. The topological polar surface area (TPSA) is 39.9 Å². The molecule has 19 heavy (non-hydrogen) atoms. The largest absolute Gasteiger partial charge is 0.365 e. The van der Waals surface area contributed by atoms with E-state index in [0.29, 0.717) is 12.5 Å². The van der Waals surface area contributed by atoms with Crippen LogP contribution in [0.25, 0.3) is 0 Å². The number of ether oxygens (including phenoxy) is 1. The molecule has 2 aromatic rings. The van der Waals surface area contributed by atoms with Crippen molar-refractivity contribution in [3.05, 3.63) is 47.5 Å². The third-order valence-corrected chi connectivity index (χ3v) is 4.36. The van der Waals surface area contributed by atoms with E-state index in [1.54, 1.807) is 11.0 Å². The van der Waals surface area contributed by atoms with E-state index in [0.717, 1.165) is 10.6 Å². The van der Waals surface area contributed by atoms with Gasteiger partial charge in [0, 0.05) is 16.5 Å². The minimum atomic E-state index is -0.411. The molecule has 1 aliphatic rings. The summed E-state index contributed by atoms with van der Waals surface area (Å²) in [6, 6.07) is 7.85. The highest BCUT2D eigenvalue weighted by atomic mass is 35.5. The fraction of sp³-hybridized carbons (Fsp3) is 0.429. The molecule has 1 fully saturated rings. The average molecular weight is 278 g/mol. The summed E-state index contributed by atoms with van der Waals surface area (Å²) in [5.74, 6) is 0.372. The summed E-state index contributed by atoms with van der Waals surface area (Å²) in [7, 11) is 0. The first kappa shape index (κ1) is 12.6. The molecule has 1 saturated heterocycles. The molecule has 0 aliphatic carbocycles. The number of nitrogens with zero attached hydrogens (tertiary/aromatic N) is 3. The molecule has 100 valence electrons. The van der Waals surface area contributed by atoms with Crippen LogP contribution in [0.4, 0.5) is 0 Å². The van der Waals surface area contributed by atoms with Crippen LogP contribution >= 0.6 is 11.6 Å². The van der Waals surface area contributed by atoms with Crippen molar-refractivity contribution in [2.75, 3.05) is 0 Å². The lowest BCUT2D eigenvalue weighted by Gasteiger charge is -2.53. The van der Waals surface area contributed by atoms with Gasteiger partial charge in [-0.05, 0) is 13.0 Å². The van der Waals surface area contributed by atoms with Gasteiger partial charge in [0.15, 0.2) is 0 Å². The Balaban J connectivity index is 2.01. The first-order valence-electron chi connectivity index (χ1n) is 6.39. The van der Waals surface area contributed by atoms with Crippen LogP contribution in [-0.2, 0) is 16.9 Å². The number of halogens is 1. The molecule has 0 radical (unpaired) electrons. The zero-order valence-corrected chi connectivity index (χ0v) is 11.7. The van der Waals surface area contributed by atoms with E-state index in [-0.39, 0.29) is 6.10 Å². The molecule has 3 atom stereocenters. The number of benzene rings is 1. The van der Waals surface area contributed by atoms with Gasteiger partial charge in [-0.15, -0.1) is 0 Å². The minimum Gasteiger partial charge on any atom is -0.365 e. The van der Waals surface area contributed by atoms with Crippen LogP contribution in [0, 0.1) is 5.92 Å².